The Balaban J connectivity index is 3.10. The quantitative estimate of drug-likeness (QED) is 0.190. The average Bonchev–Trinajstić information content (AvgIpc) is 3.37. The molecule has 0 bridgehead atoms. The summed E-state index contributed by atoms with van der Waals surface area (Å²) in [5.74, 6) is -1.88. The zero-order valence-electron chi connectivity index (χ0n) is 27.1. The second kappa shape index (κ2) is 18.0. The normalized spacial score (nSPS) is 18.3. The van der Waals surface area contributed by atoms with Gasteiger partial charge in [-0.25, -0.2) is 8.42 Å². The van der Waals surface area contributed by atoms with Gasteiger partial charge in [-0.1, -0.05) is 53.5 Å². The van der Waals surface area contributed by atoms with E-state index in [0.717, 1.165) is 18.1 Å². The second-order valence-corrected chi connectivity index (χ2v) is 14.3. The number of unbranched alkanes of at least 4 members (excludes halogenated alkanes) is 1. The number of likely N-dealkylation sites (tertiary alicyclic amines) is 1. The molecule has 0 aliphatic carbocycles. The molecule has 246 valence electrons. The van der Waals surface area contributed by atoms with Crippen molar-refractivity contribution < 1.29 is 32.4 Å². The van der Waals surface area contributed by atoms with Crippen LogP contribution in [0.25, 0.3) is 0 Å². The van der Waals surface area contributed by atoms with Gasteiger partial charge in [-0.3, -0.25) is 24.0 Å². The SMILES string of the molecule is CCCC[C@H](NC(=O)[C@@H]1CCCN1C(=O)[C@H](C)NC(C)=O)C(=O)N[C@@H](CC(C)C)C(=O)N[C@@H](/C=C/S(C)(=O)=O)CC(C)C. The summed E-state index contributed by atoms with van der Waals surface area (Å²) >= 11 is 0. The molecule has 1 aliphatic heterocycles. The van der Waals surface area contributed by atoms with Crippen molar-refractivity contribution in [3.63, 3.8) is 0 Å². The lowest BCUT2D eigenvalue weighted by Gasteiger charge is -2.29. The van der Waals surface area contributed by atoms with E-state index < -0.39 is 57.8 Å². The molecule has 0 aromatic heterocycles. The molecule has 5 amide bonds. The summed E-state index contributed by atoms with van der Waals surface area (Å²) in [5, 5.41) is 12.1. The highest BCUT2D eigenvalue weighted by Crippen LogP contribution is 2.19. The highest BCUT2D eigenvalue weighted by atomic mass is 32.2. The first-order chi connectivity index (χ1) is 19.9. The monoisotopic (exact) mass is 627 g/mol. The number of nitrogens with one attached hydrogen (secondary N) is 4. The zero-order chi connectivity index (χ0) is 32.9. The average molecular weight is 628 g/mol. The van der Waals surface area contributed by atoms with E-state index in [1.807, 2.05) is 34.6 Å². The first-order valence-electron chi connectivity index (χ1n) is 15.3. The molecule has 1 heterocycles. The van der Waals surface area contributed by atoms with Gasteiger partial charge in [0.15, 0.2) is 9.84 Å². The molecule has 5 atom stereocenters. The van der Waals surface area contributed by atoms with Crippen LogP contribution in [0.4, 0.5) is 0 Å². The summed E-state index contributed by atoms with van der Waals surface area (Å²) in [7, 11) is -3.39. The first-order valence-corrected chi connectivity index (χ1v) is 17.3. The number of amides is 5. The van der Waals surface area contributed by atoms with Crippen LogP contribution in [-0.2, 0) is 33.8 Å². The molecular formula is C30H53N5O7S. The Morgan fingerprint density at radius 1 is 0.884 bits per heavy atom. The summed E-state index contributed by atoms with van der Waals surface area (Å²) in [5.41, 5.74) is 0. The smallest absolute Gasteiger partial charge is 0.245 e. The highest BCUT2D eigenvalue weighted by molar-refractivity contribution is 7.93. The molecule has 1 aliphatic rings. The zero-order valence-corrected chi connectivity index (χ0v) is 27.9. The van der Waals surface area contributed by atoms with E-state index in [1.54, 1.807) is 6.92 Å². The molecule has 0 radical (unpaired) electrons. The maximum absolute atomic E-state index is 13.5. The molecule has 12 nitrogen and oxygen atoms in total. The molecular weight excluding hydrogens is 574 g/mol. The van der Waals surface area contributed by atoms with Gasteiger partial charge in [0.1, 0.15) is 24.2 Å². The van der Waals surface area contributed by atoms with E-state index in [0.29, 0.717) is 45.1 Å². The third kappa shape index (κ3) is 14.4. The molecule has 0 aromatic rings. The lowest BCUT2D eigenvalue weighted by Crippen LogP contribution is -2.58. The third-order valence-electron chi connectivity index (χ3n) is 7.06. The maximum atomic E-state index is 13.5. The fourth-order valence-corrected chi connectivity index (χ4v) is 5.53. The molecule has 0 saturated carbocycles. The van der Waals surface area contributed by atoms with Crippen LogP contribution in [0.2, 0.25) is 0 Å². The van der Waals surface area contributed by atoms with E-state index in [-0.39, 0.29) is 23.7 Å². The largest absolute Gasteiger partial charge is 0.348 e. The van der Waals surface area contributed by atoms with Crippen LogP contribution in [0.15, 0.2) is 11.5 Å². The van der Waals surface area contributed by atoms with E-state index in [9.17, 15) is 32.4 Å². The second-order valence-electron chi connectivity index (χ2n) is 12.4. The van der Waals surface area contributed by atoms with Crippen molar-refractivity contribution in [2.45, 2.75) is 124 Å². The lowest BCUT2D eigenvalue weighted by atomic mass is 9.99. The number of rotatable bonds is 17. The minimum atomic E-state index is -3.39. The van der Waals surface area contributed by atoms with Gasteiger partial charge in [-0.05, 0) is 50.9 Å². The van der Waals surface area contributed by atoms with Gasteiger partial charge in [-0.15, -0.1) is 0 Å². The van der Waals surface area contributed by atoms with Gasteiger partial charge in [0.2, 0.25) is 29.5 Å². The van der Waals surface area contributed by atoms with Crippen LogP contribution < -0.4 is 21.3 Å². The summed E-state index contributed by atoms with van der Waals surface area (Å²) in [6.45, 7) is 13.0. The molecule has 4 N–H and O–H groups in total. The molecule has 13 heteroatoms. The number of nitrogens with zero attached hydrogens (tertiary/aromatic N) is 1. The topological polar surface area (TPSA) is 171 Å². The van der Waals surface area contributed by atoms with Crippen LogP contribution in [-0.4, -0.2) is 85.9 Å². The molecule has 0 aromatic carbocycles. The highest BCUT2D eigenvalue weighted by Gasteiger charge is 2.38. The van der Waals surface area contributed by atoms with Crippen molar-refractivity contribution in [3.8, 4) is 0 Å². The number of hydrogen-bond donors (Lipinski definition) is 4. The van der Waals surface area contributed by atoms with Gasteiger partial charge in [0, 0.05) is 31.2 Å². The van der Waals surface area contributed by atoms with E-state index in [1.165, 1.54) is 17.9 Å². The molecule has 1 saturated heterocycles. The minimum Gasteiger partial charge on any atom is -0.348 e. The Labute approximate surface area is 257 Å². The molecule has 0 spiro atoms. The fraction of sp³-hybridized carbons (Fsp3) is 0.767. The van der Waals surface area contributed by atoms with Crippen molar-refractivity contribution >= 4 is 39.4 Å². The lowest BCUT2D eigenvalue weighted by molar-refractivity contribution is -0.141. The van der Waals surface area contributed by atoms with Crippen LogP contribution in [0.1, 0.15) is 93.4 Å². The minimum absolute atomic E-state index is 0.0542. The van der Waals surface area contributed by atoms with Gasteiger partial charge < -0.3 is 26.2 Å². The molecule has 0 unspecified atom stereocenters. The Bertz CT molecular complexity index is 1110. The fourth-order valence-electron chi connectivity index (χ4n) is 5.05. The Hall–Kier alpha value is -2.96. The third-order valence-corrected chi connectivity index (χ3v) is 7.71. The van der Waals surface area contributed by atoms with E-state index >= 15 is 0 Å². The van der Waals surface area contributed by atoms with Crippen molar-refractivity contribution in [2.75, 3.05) is 12.8 Å². The van der Waals surface area contributed by atoms with Gasteiger partial charge >= 0.3 is 0 Å². The predicted molar refractivity (Wildman–Crippen MR) is 166 cm³/mol. The molecule has 1 fully saturated rings. The van der Waals surface area contributed by atoms with Crippen molar-refractivity contribution in [1.82, 2.24) is 26.2 Å². The number of carbonyl (C=O) groups excluding carboxylic acids is 5. The van der Waals surface area contributed by atoms with Gasteiger partial charge in [0.05, 0.1) is 0 Å². The number of hydrogen-bond acceptors (Lipinski definition) is 7. The summed E-state index contributed by atoms with van der Waals surface area (Å²) in [6, 6.07) is -3.93. The maximum Gasteiger partial charge on any atom is 0.245 e. The Kier molecular flexibility index (Phi) is 15.9. The van der Waals surface area contributed by atoms with E-state index in [4.69, 9.17) is 0 Å². The predicted octanol–water partition coefficient (Wildman–Crippen LogP) is 1.80. The van der Waals surface area contributed by atoms with Crippen LogP contribution in [0.5, 0.6) is 0 Å². The Morgan fingerprint density at radius 2 is 1.49 bits per heavy atom. The van der Waals surface area contributed by atoms with Crippen molar-refractivity contribution in [3.05, 3.63) is 11.5 Å². The van der Waals surface area contributed by atoms with Crippen molar-refractivity contribution in [1.29, 1.82) is 0 Å². The van der Waals surface area contributed by atoms with Crippen molar-refractivity contribution in [2.24, 2.45) is 11.8 Å². The molecule has 1 rings (SSSR count). The number of sulfone groups is 1. The summed E-state index contributed by atoms with van der Waals surface area (Å²) in [6.07, 6.45) is 6.20. The van der Waals surface area contributed by atoms with Crippen LogP contribution in [0, 0.1) is 11.8 Å². The van der Waals surface area contributed by atoms with E-state index in [2.05, 4.69) is 21.3 Å². The van der Waals surface area contributed by atoms with Crippen LogP contribution in [0.3, 0.4) is 0 Å². The van der Waals surface area contributed by atoms with Gasteiger partial charge in [-0.2, -0.15) is 0 Å². The summed E-state index contributed by atoms with van der Waals surface area (Å²) < 4.78 is 23.4. The molecule has 43 heavy (non-hydrogen) atoms. The van der Waals surface area contributed by atoms with Gasteiger partial charge in [0.25, 0.3) is 0 Å². The van der Waals surface area contributed by atoms with Crippen LogP contribution >= 0.6 is 0 Å². The Morgan fingerprint density at radius 3 is 2.02 bits per heavy atom. The number of carbonyl (C=O) groups is 5. The standard InChI is InChI=1S/C30H53N5O7S/c1-9-10-12-24(33-29(39)26-13-11-15-35(26)30(40)21(6)31-22(7)36)27(37)34-25(18-20(4)5)28(38)32-23(17-19(2)3)14-16-43(8,41)42/h14,16,19-21,23-26H,9-13,15,17-18H2,1-8H3,(H,31,36)(H,32,38)(H,33,39)(H,34,37)/b16-14+/t21-,23-,24-,25-,26-/m0/s1. The summed E-state index contributed by atoms with van der Waals surface area (Å²) in [4.78, 5) is 66.1. The first kappa shape index (κ1) is 38.1.